The predicted molar refractivity (Wildman–Crippen MR) is 105 cm³/mol. The van der Waals surface area contributed by atoms with Gasteiger partial charge in [0.25, 0.3) is 10.0 Å². The van der Waals surface area contributed by atoms with E-state index in [1.807, 2.05) is 36.4 Å². The van der Waals surface area contributed by atoms with Gasteiger partial charge in [-0.25, -0.2) is 8.42 Å². The van der Waals surface area contributed by atoms with Gasteiger partial charge in [0.1, 0.15) is 4.21 Å². The molecule has 0 unspecified atom stereocenters. The maximum absolute atomic E-state index is 12.2. The van der Waals surface area contributed by atoms with Gasteiger partial charge in [-0.2, -0.15) is 0 Å². The van der Waals surface area contributed by atoms with Crippen LogP contribution in [0, 0.1) is 0 Å². The minimum absolute atomic E-state index is 0.303. The van der Waals surface area contributed by atoms with Crippen molar-refractivity contribution in [2.45, 2.75) is 10.6 Å². The van der Waals surface area contributed by atoms with Gasteiger partial charge in [-0.3, -0.25) is 4.72 Å². The molecule has 3 rings (SSSR count). The average Bonchev–Trinajstić information content (AvgIpc) is 3.14. The molecule has 0 saturated heterocycles. The Morgan fingerprint density at radius 3 is 2.24 bits per heavy atom. The number of anilines is 2. The van der Waals surface area contributed by atoms with E-state index in [1.54, 1.807) is 29.6 Å². The third-order valence-electron chi connectivity index (χ3n) is 3.55. The molecule has 0 aliphatic carbocycles. The van der Waals surface area contributed by atoms with Crippen LogP contribution >= 0.6 is 22.9 Å². The molecule has 0 saturated carbocycles. The number of rotatable bonds is 7. The van der Waals surface area contributed by atoms with Crippen molar-refractivity contribution < 1.29 is 8.42 Å². The third kappa shape index (κ3) is 4.98. The minimum Gasteiger partial charge on any atom is -0.385 e. The zero-order valence-corrected chi connectivity index (χ0v) is 15.7. The summed E-state index contributed by atoms with van der Waals surface area (Å²) in [4.78, 5) is 0. The molecule has 1 aromatic heterocycles. The van der Waals surface area contributed by atoms with Gasteiger partial charge in [-0.1, -0.05) is 29.8 Å². The second-order valence-electron chi connectivity index (χ2n) is 5.42. The van der Waals surface area contributed by atoms with E-state index in [-0.39, 0.29) is 0 Å². The van der Waals surface area contributed by atoms with E-state index >= 15 is 0 Å². The van der Waals surface area contributed by atoms with Crippen LogP contribution in [0.3, 0.4) is 0 Å². The minimum atomic E-state index is -3.50. The fourth-order valence-electron chi connectivity index (χ4n) is 2.28. The zero-order chi connectivity index (χ0) is 17.7. The first kappa shape index (κ1) is 17.8. The highest BCUT2D eigenvalue weighted by Gasteiger charge is 2.14. The number of benzene rings is 2. The van der Waals surface area contributed by atoms with Gasteiger partial charge in [0.2, 0.25) is 0 Å². The largest absolute Gasteiger partial charge is 0.385 e. The van der Waals surface area contributed by atoms with E-state index in [1.165, 1.54) is 16.9 Å². The lowest BCUT2D eigenvalue weighted by molar-refractivity contribution is 0.603. The molecule has 4 nitrogen and oxygen atoms in total. The number of hydrogen-bond donors (Lipinski definition) is 2. The van der Waals surface area contributed by atoms with Gasteiger partial charge < -0.3 is 5.32 Å². The topological polar surface area (TPSA) is 58.2 Å². The van der Waals surface area contributed by atoms with Gasteiger partial charge >= 0.3 is 0 Å². The van der Waals surface area contributed by atoms with Crippen LogP contribution in [0.4, 0.5) is 11.4 Å². The molecule has 0 bridgehead atoms. The molecular formula is C18H17ClN2O2S2. The molecule has 0 aliphatic rings. The standard InChI is InChI=1S/C18H17ClN2O2S2/c19-15-5-3-14(4-6-15)11-12-20-16-7-9-17(10-8-16)21-25(22,23)18-2-1-13-24-18/h1-10,13,20-21H,11-12H2. The summed E-state index contributed by atoms with van der Waals surface area (Å²) in [6, 6.07) is 18.3. The van der Waals surface area contributed by atoms with Gasteiger partial charge in [0.15, 0.2) is 0 Å². The average molecular weight is 393 g/mol. The molecular weight excluding hydrogens is 376 g/mol. The molecule has 0 radical (unpaired) electrons. The molecule has 2 aromatic carbocycles. The summed E-state index contributed by atoms with van der Waals surface area (Å²) in [6.45, 7) is 0.780. The second-order valence-corrected chi connectivity index (χ2v) is 8.71. The number of sulfonamides is 1. The van der Waals surface area contributed by atoms with Crippen LogP contribution in [0.15, 0.2) is 70.3 Å². The van der Waals surface area contributed by atoms with Gasteiger partial charge in [0.05, 0.1) is 0 Å². The Labute approximate surface area is 156 Å². The molecule has 0 spiro atoms. The van der Waals surface area contributed by atoms with E-state index in [0.29, 0.717) is 9.90 Å². The van der Waals surface area contributed by atoms with Crippen molar-refractivity contribution in [3.8, 4) is 0 Å². The summed E-state index contributed by atoms with van der Waals surface area (Å²) in [7, 11) is -3.50. The molecule has 0 amide bonds. The molecule has 2 N–H and O–H groups in total. The molecule has 7 heteroatoms. The highest BCUT2D eigenvalue weighted by atomic mass is 35.5. The monoisotopic (exact) mass is 392 g/mol. The van der Waals surface area contributed by atoms with E-state index in [4.69, 9.17) is 11.6 Å². The summed E-state index contributed by atoms with van der Waals surface area (Å²) in [5.74, 6) is 0. The smallest absolute Gasteiger partial charge is 0.271 e. The number of halogens is 1. The first-order valence-corrected chi connectivity index (χ1v) is 10.4. The zero-order valence-electron chi connectivity index (χ0n) is 13.3. The van der Waals surface area contributed by atoms with Crippen molar-refractivity contribution in [2.75, 3.05) is 16.6 Å². The summed E-state index contributed by atoms with van der Waals surface area (Å²) >= 11 is 7.06. The van der Waals surface area contributed by atoms with Crippen molar-refractivity contribution in [3.05, 3.63) is 76.6 Å². The first-order chi connectivity index (χ1) is 12.0. The lowest BCUT2D eigenvalue weighted by atomic mass is 10.1. The highest BCUT2D eigenvalue weighted by molar-refractivity contribution is 7.94. The third-order valence-corrected chi connectivity index (χ3v) is 6.58. The quantitative estimate of drug-likeness (QED) is 0.603. The fourth-order valence-corrected chi connectivity index (χ4v) is 4.46. The predicted octanol–water partition coefficient (Wildman–Crippen LogP) is 4.86. The summed E-state index contributed by atoms with van der Waals surface area (Å²) < 4.78 is 27.2. The van der Waals surface area contributed by atoms with Crippen LogP contribution in [-0.2, 0) is 16.4 Å². The Balaban J connectivity index is 1.54. The van der Waals surface area contributed by atoms with E-state index in [2.05, 4.69) is 10.0 Å². The second kappa shape index (κ2) is 7.91. The van der Waals surface area contributed by atoms with Crippen LogP contribution < -0.4 is 10.0 Å². The Morgan fingerprint density at radius 2 is 1.60 bits per heavy atom. The maximum Gasteiger partial charge on any atom is 0.271 e. The summed E-state index contributed by atoms with van der Waals surface area (Å²) in [5, 5.41) is 5.79. The lowest BCUT2D eigenvalue weighted by Gasteiger charge is -2.09. The van der Waals surface area contributed by atoms with Crippen LogP contribution in [0.25, 0.3) is 0 Å². The molecule has 1 heterocycles. The number of hydrogen-bond acceptors (Lipinski definition) is 4. The van der Waals surface area contributed by atoms with Crippen molar-refractivity contribution in [2.24, 2.45) is 0 Å². The number of nitrogens with one attached hydrogen (secondary N) is 2. The molecule has 0 aliphatic heterocycles. The highest BCUT2D eigenvalue weighted by Crippen LogP contribution is 2.21. The Hall–Kier alpha value is -2.02. The fraction of sp³-hybridized carbons (Fsp3) is 0.111. The molecule has 0 atom stereocenters. The van der Waals surface area contributed by atoms with Crippen molar-refractivity contribution in [1.29, 1.82) is 0 Å². The van der Waals surface area contributed by atoms with Crippen LogP contribution in [-0.4, -0.2) is 15.0 Å². The van der Waals surface area contributed by atoms with Gasteiger partial charge in [-0.05, 0) is 59.8 Å². The van der Waals surface area contributed by atoms with E-state index < -0.39 is 10.0 Å². The van der Waals surface area contributed by atoms with Crippen molar-refractivity contribution in [1.82, 2.24) is 0 Å². The van der Waals surface area contributed by atoms with Crippen LogP contribution in [0.2, 0.25) is 5.02 Å². The SMILES string of the molecule is O=S(=O)(Nc1ccc(NCCc2ccc(Cl)cc2)cc1)c1cccs1. The molecule has 3 aromatic rings. The summed E-state index contributed by atoms with van der Waals surface area (Å²) in [6.07, 6.45) is 0.879. The van der Waals surface area contributed by atoms with Crippen molar-refractivity contribution in [3.63, 3.8) is 0 Å². The van der Waals surface area contributed by atoms with Crippen LogP contribution in [0.1, 0.15) is 5.56 Å². The van der Waals surface area contributed by atoms with Gasteiger partial charge in [-0.15, -0.1) is 11.3 Å². The molecule has 130 valence electrons. The number of thiophene rings is 1. The molecule has 25 heavy (non-hydrogen) atoms. The van der Waals surface area contributed by atoms with E-state index in [9.17, 15) is 8.42 Å². The van der Waals surface area contributed by atoms with E-state index in [0.717, 1.165) is 23.7 Å². The molecule has 0 fully saturated rings. The maximum atomic E-state index is 12.2. The lowest BCUT2D eigenvalue weighted by Crippen LogP contribution is -2.11. The van der Waals surface area contributed by atoms with Gasteiger partial charge in [0, 0.05) is 22.9 Å². The van der Waals surface area contributed by atoms with Crippen molar-refractivity contribution >= 4 is 44.3 Å². The Morgan fingerprint density at radius 1 is 0.920 bits per heavy atom. The first-order valence-electron chi connectivity index (χ1n) is 7.68. The Kier molecular flexibility index (Phi) is 5.63. The summed E-state index contributed by atoms with van der Waals surface area (Å²) in [5.41, 5.74) is 2.68. The Bertz CT molecular complexity index is 907. The normalized spacial score (nSPS) is 11.2. The van der Waals surface area contributed by atoms with Crippen LogP contribution in [0.5, 0.6) is 0 Å².